The third kappa shape index (κ3) is 2.26. The number of hydrogen-bond donors (Lipinski definition) is 1. The van der Waals surface area contributed by atoms with Gasteiger partial charge in [0.25, 0.3) is 0 Å². The average Bonchev–Trinajstić information content (AvgIpc) is 2.80. The first-order valence-electron chi connectivity index (χ1n) is 6.25. The molecule has 1 N–H and O–H groups in total. The molecule has 8 heteroatoms. The van der Waals surface area contributed by atoms with E-state index in [0.717, 1.165) is 0 Å². The Labute approximate surface area is 115 Å². The number of carboxylic acid groups (broad SMARTS) is 1. The summed E-state index contributed by atoms with van der Waals surface area (Å²) in [7, 11) is -3.06. The summed E-state index contributed by atoms with van der Waals surface area (Å²) in [6.45, 7) is 0. The lowest BCUT2D eigenvalue weighted by Crippen LogP contribution is -2.28. The Morgan fingerprint density at radius 1 is 1.40 bits per heavy atom. The Balaban J connectivity index is 2.07. The highest BCUT2D eigenvalue weighted by Gasteiger charge is 2.28. The van der Waals surface area contributed by atoms with Gasteiger partial charge in [0, 0.05) is 0 Å². The van der Waals surface area contributed by atoms with Gasteiger partial charge in [0.15, 0.2) is 9.84 Å². The summed E-state index contributed by atoms with van der Waals surface area (Å²) >= 11 is 0. The molecule has 1 unspecified atom stereocenters. The van der Waals surface area contributed by atoms with E-state index in [1.807, 2.05) is 0 Å². The standard InChI is InChI=1S/C12H13N3O4S/c16-12(17)8-3-4-10-11(6-8)15(14-13-10)9-2-1-5-20(18,19)7-9/h3-4,6,9H,1-2,5,7H2,(H,16,17). The molecule has 0 spiro atoms. The molecular weight excluding hydrogens is 282 g/mol. The first-order chi connectivity index (χ1) is 9.46. The third-order valence-corrected chi connectivity index (χ3v) is 5.31. The largest absolute Gasteiger partial charge is 0.478 e. The molecule has 2 aromatic rings. The highest BCUT2D eigenvalue weighted by atomic mass is 32.2. The number of carboxylic acids is 1. The lowest BCUT2D eigenvalue weighted by atomic mass is 10.1. The highest BCUT2D eigenvalue weighted by Crippen LogP contribution is 2.26. The van der Waals surface area contributed by atoms with Gasteiger partial charge in [-0.1, -0.05) is 5.21 Å². The van der Waals surface area contributed by atoms with Crippen molar-refractivity contribution in [3.63, 3.8) is 0 Å². The lowest BCUT2D eigenvalue weighted by Gasteiger charge is -2.22. The molecule has 1 fully saturated rings. The van der Waals surface area contributed by atoms with Crippen LogP contribution in [0.4, 0.5) is 0 Å². The maximum Gasteiger partial charge on any atom is 0.335 e. The third-order valence-electron chi connectivity index (χ3n) is 3.50. The van der Waals surface area contributed by atoms with Gasteiger partial charge in [0.1, 0.15) is 5.52 Å². The van der Waals surface area contributed by atoms with Gasteiger partial charge in [-0.05, 0) is 31.0 Å². The van der Waals surface area contributed by atoms with Crippen LogP contribution in [0.25, 0.3) is 11.0 Å². The van der Waals surface area contributed by atoms with Crippen LogP contribution in [0, 0.1) is 0 Å². The van der Waals surface area contributed by atoms with E-state index in [1.165, 1.54) is 12.1 Å². The molecule has 106 valence electrons. The molecule has 1 aliphatic heterocycles. The van der Waals surface area contributed by atoms with Gasteiger partial charge in [0.05, 0.1) is 28.6 Å². The van der Waals surface area contributed by atoms with Crippen LogP contribution < -0.4 is 0 Å². The van der Waals surface area contributed by atoms with E-state index in [-0.39, 0.29) is 23.1 Å². The van der Waals surface area contributed by atoms with Crippen molar-refractivity contribution in [3.05, 3.63) is 23.8 Å². The Bertz CT molecular complexity index is 781. The number of aromatic carboxylic acids is 1. The number of aromatic nitrogens is 3. The second kappa shape index (κ2) is 4.55. The van der Waals surface area contributed by atoms with Crippen LogP contribution in [-0.4, -0.2) is 46.0 Å². The van der Waals surface area contributed by atoms with E-state index in [1.54, 1.807) is 10.7 Å². The molecule has 1 aromatic heterocycles. The molecule has 20 heavy (non-hydrogen) atoms. The minimum atomic E-state index is -3.06. The van der Waals surface area contributed by atoms with E-state index in [9.17, 15) is 13.2 Å². The summed E-state index contributed by atoms with van der Waals surface area (Å²) in [6.07, 6.45) is 1.29. The smallest absolute Gasteiger partial charge is 0.335 e. The predicted molar refractivity (Wildman–Crippen MR) is 71.4 cm³/mol. The minimum Gasteiger partial charge on any atom is -0.478 e. The monoisotopic (exact) mass is 295 g/mol. The number of benzene rings is 1. The number of nitrogens with zero attached hydrogens (tertiary/aromatic N) is 3. The first-order valence-corrected chi connectivity index (χ1v) is 8.07. The number of fused-ring (bicyclic) bond motifs is 1. The summed E-state index contributed by atoms with van der Waals surface area (Å²) in [6, 6.07) is 4.25. The maximum atomic E-state index is 11.7. The van der Waals surface area contributed by atoms with Crippen LogP contribution in [0.5, 0.6) is 0 Å². The molecule has 0 bridgehead atoms. The molecule has 3 rings (SSSR count). The number of carbonyl (C=O) groups is 1. The van der Waals surface area contributed by atoms with Crippen molar-refractivity contribution in [1.82, 2.24) is 15.0 Å². The zero-order valence-corrected chi connectivity index (χ0v) is 11.4. The van der Waals surface area contributed by atoms with Gasteiger partial charge >= 0.3 is 5.97 Å². The minimum absolute atomic E-state index is 0.0305. The van der Waals surface area contributed by atoms with Crippen LogP contribution in [-0.2, 0) is 9.84 Å². The van der Waals surface area contributed by atoms with Crippen LogP contribution in [0.15, 0.2) is 18.2 Å². The molecule has 1 aromatic carbocycles. The quantitative estimate of drug-likeness (QED) is 0.882. The molecular formula is C12H13N3O4S. The van der Waals surface area contributed by atoms with Crippen molar-refractivity contribution in [2.75, 3.05) is 11.5 Å². The van der Waals surface area contributed by atoms with Crippen LogP contribution in [0.3, 0.4) is 0 Å². The average molecular weight is 295 g/mol. The summed E-state index contributed by atoms with van der Waals surface area (Å²) in [5, 5.41) is 17.0. The normalized spacial score (nSPS) is 21.9. The fraction of sp³-hybridized carbons (Fsp3) is 0.417. The van der Waals surface area contributed by atoms with Crippen molar-refractivity contribution in [1.29, 1.82) is 0 Å². The summed E-state index contributed by atoms with van der Waals surface area (Å²) < 4.78 is 25.0. The fourth-order valence-corrected chi connectivity index (χ4v) is 4.20. The molecule has 2 heterocycles. The van der Waals surface area contributed by atoms with Gasteiger partial charge in [0.2, 0.25) is 0 Å². The summed E-state index contributed by atoms with van der Waals surface area (Å²) in [5.41, 5.74) is 1.27. The van der Waals surface area contributed by atoms with Crippen molar-refractivity contribution in [2.24, 2.45) is 0 Å². The van der Waals surface area contributed by atoms with Gasteiger partial charge in [-0.2, -0.15) is 0 Å². The van der Waals surface area contributed by atoms with Crippen molar-refractivity contribution in [2.45, 2.75) is 18.9 Å². The maximum absolute atomic E-state index is 11.7. The molecule has 1 atom stereocenters. The molecule has 0 aliphatic carbocycles. The Morgan fingerprint density at radius 2 is 2.20 bits per heavy atom. The number of sulfone groups is 1. The van der Waals surface area contributed by atoms with Crippen LogP contribution in [0.2, 0.25) is 0 Å². The zero-order chi connectivity index (χ0) is 14.3. The van der Waals surface area contributed by atoms with Crippen molar-refractivity contribution >= 4 is 26.8 Å². The predicted octanol–water partition coefficient (Wildman–Crippen LogP) is 0.879. The Morgan fingerprint density at radius 3 is 2.90 bits per heavy atom. The molecule has 1 saturated heterocycles. The second-order valence-electron chi connectivity index (χ2n) is 4.95. The molecule has 1 aliphatic rings. The lowest BCUT2D eigenvalue weighted by molar-refractivity contribution is 0.0697. The van der Waals surface area contributed by atoms with E-state index in [4.69, 9.17) is 5.11 Å². The van der Waals surface area contributed by atoms with E-state index in [0.29, 0.717) is 23.9 Å². The van der Waals surface area contributed by atoms with Crippen molar-refractivity contribution in [3.8, 4) is 0 Å². The Hall–Kier alpha value is -1.96. The van der Waals surface area contributed by atoms with E-state index < -0.39 is 15.8 Å². The fourth-order valence-electron chi connectivity index (χ4n) is 2.53. The topological polar surface area (TPSA) is 102 Å². The van der Waals surface area contributed by atoms with Gasteiger partial charge in [-0.25, -0.2) is 17.9 Å². The number of hydrogen-bond acceptors (Lipinski definition) is 5. The van der Waals surface area contributed by atoms with Crippen LogP contribution >= 0.6 is 0 Å². The van der Waals surface area contributed by atoms with Crippen molar-refractivity contribution < 1.29 is 18.3 Å². The van der Waals surface area contributed by atoms with Crippen LogP contribution in [0.1, 0.15) is 29.2 Å². The summed E-state index contributed by atoms with van der Waals surface area (Å²) in [5.74, 6) is -0.796. The SMILES string of the molecule is O=C(O)c1ccc2nnn(C3CCCS(=O)(=O)C3)c2c1. The molecule has 0 amide bonds. The molecule has 0 radical (unpaired) electrons. The highest BCUT2D eigenvalue weighted by molar-refractivity contribution is 7.91. The molecule has 0 saturated carbocycles. The van der Waals surface area contributed by atoms with E-state index >= 15 is 0 Å². The number of rotatable bonds is 2. The van der Waals surface area contributed by atoms with Gasteiger partial charge in [-0.3, -0.25) is 0 Å². The first kappa shape index (κ1) is 13.0. The molecule has 7 nitrogen and oxygen atoms in total. The summed E-state index contributed by atoms with van der Waals surface area (Å²) in [4.78, 5) is 11.0. The Kier molecular flexibility index (Phi) is 2.97. The van der Waals surface area contributed by atoms with E-state index in [2.05, 4.69) is 10.3 Å². The second-order valence-corrected chi connectivity index (χ2v) is 7.18. The van der Waals surface area contributed by atoms with Gasteiger partial charge < -0.3 is 5.11 Å². The zero-order valence-electron chi connectivity index (χ0n) is 10.6. The van der Waals surface area contributed by atoms with Gasteiger partial charge in [-0.15, -0.1) is 5.10 Å².